The quantitative estimate of drug-likeness (QED) is 0.625. The molecular weight excluding hydrogens is 232 g/mol. The molecule has 6 heteroatoms. The Balaban J connectivity index is 2.06. The second-order valence-electron chi connectivity index (χ2n) is 4.75. The van der Waals surface area contributed by atoms with E-state index < -0.39 is 0 Å². The molecule has 1 fully saturated rings. The van der Waals surface area contributed by atoms with Gasteiger partial charge in [-0.25, -0.2) is 10.8 Å². The van der Waals surface area contributed by atoms with E-state index in [9.17, 15) is 0 Å². The van der Waals surface area contributed by atoms with E-state index in [-0.39, 0.29) is 18.3 Å². The Morgan fingerprint density at radius 2 is 2.00 bits per heavy atom. The molecule has 1 saturated heterocycles. The first-order valence-corrected chi connectivity index (χ1v) is 6.21. The molecule has 1 aliphatic heterocycles. The highest BCUT2D eigenvalue weighted by molar-refractivity contribution is 5.36. The van der Waals surface area contributed by atoms with Crippen LogP contribution in [0.2, 0.25) is 0 Å². The Morgan fingerprint density at radius 1 is 1.33 bits per heavy atom. The first-order valence-electron chi connectivity index (χ1n) is 6.21. The molecule has 1 aromatic heterocycles. The van der Waals surface area contributed by atoms with Gasteiger partial charge in [-0.15, -0.1) is 0 Å². The maximum Gasteiger partial charge on any atom is 0.219 e. The van der Waals surface area contributed by atoms with Gasteiger partial charge in [-0.2, -0.15) is 4.98 Å². The molecule has 2 rings (SSSR count). The van der Waals surface area contributed by atoms with Crippen LogP contribution in [0.25, 0.3) is 0 Å². The van der Waals surface area contributed by atoms with Crippen LogP contribution in [-0.2, 0) is 4.74 Å². The van der Waals surface area contributed by atoms with Crippen molar-refractivity contribution in [2.24, 2.45) is 5.84 Å². The zero-order valence-corrected chi connectivity index (χ0v) is 11.0. The lowest BCUT2D eigenvalue weighted by Crippen LogP contribution is -2.35. The first-order chi connectivity index (χ1) is 8.56. The number of nitrogens with one attached hydrogen (secondary N) is 1. The van der Waals surface area contributed by atoms with Crippen molar-refractivity contribution in [2.45, 2.75) is 51.9 Å². The molecule has 0 aromatic carbocycles. The third kappa shape index (κ3) is 3.30. The molecule has 3 N–H and O–H groups in total. The van der Waals surface area contributed by atoms with Crippen molar-refractivity contribution in [3.8, 4) is 5.88 Å². The Hall–Kier alpha value is -1.40. The van der Waals surface area contributed by atoms with Crippen molar-refractivity contribution < 1.29 is 9.47 Å². The SMILES string of the molecule is Cc1nc(NN)cc(OC2CC(C)OC(C)C2)n1. The molecule has 2 atom stereocenters. The Labute approximate surface area is 107 Å². The van der Waals surface area contributed by atoms with Crippen LogP contribution in [0.1, 0.15) is 32.5 Å². The number of anilines is 1. The van der Waals surface area contributed by atoms with Crippen LogP contribution >= 0.6 is 0 Å². The highest BCUT2D eigenvalue weighted by Crippen LogP contribution is 2.24. The number of aromatic nitrogens is 2. The highest BCUT2D eigenvalue weighted by Gasteiger charge is 2.26. The Bertz CT molecular complexity index is 403. The topological polar surface area (TPSA) is 82.3 Å². The van der Waals surface area contributed by atoms with E-state index in [0.29, 0.717) is 17.5 Å². The molecule has 6 nitrogen and oxygen atoms in total. The predicted octanol–water partition coefficient (Wildman–Crippen LogP) is 1.41. The average Bonchev–Trinajstić information content (AvgIpc) is 2.26. The summed E-state index contributed by atoms with van der Waals surface area (Å²) in [5.41, 5.74) is 2.51. The number of nitrogen functional groups attached to an aromatic ring is 1. The number of ether oxygens (including phenoxy) is 2. The smallest absolute Gasteiger partial charge is 0.219 e. The fourth-order valence-electron chi connectivity index (χ4n) is 2.29. The summed E-state index contributed by atoms with van der Waals surface area (Å²) in [5.74, 6) is 7.10. The third-order valence-electron chi connectivity index (χ3n) is 2.90. The van der Waals surface area contributed by atoms with E-state index in [0.717, 1.165) is 12.8 Å². The van der Waals surface area contributed by atoms with Crippen molar-refractivity contribution in [1.29, 1.82) is 0 Å². The molecule has 0 amide bonds. The van der Waals surface area contributed by atoms with Crippen LogP contribution in [-0.4, -0.2) is 28.3 Å². The molecular formula is C12H20N4O2. The summed E-state index contributed by atoms with van der Waals surface area (Å²) in [6.45, 7) is 5.93. The van der Waals surface area contributed by atoms with Crippen molar-refractivity contribution in [3.63, 3.8) is 0 Å². The van der Waals surface area contributed by atoms with Crippen molar-refractivity contribution in [1.82, 2.24) is 9.97 Å². The minimum absolute atomic E-state index is 0.128. The van der Waals surface area contributed by atoms with Gasteiger partial charge in [-0.1, -0.05) is 0 Å². The fourth-order valence-corrected chi connectivity index (χ4v) is 2.29. The number of nitrogens with two attached hydrogens (primary N) is 1. The summed E-state index contributed by atoms with van der Waals surface area (Å²) in [5, 5.41) is 0. The Morgan fingerprint density at radius 3 is 2.61 bits per heavy atom. The zero-order chi connectivity index (χ0) is 13.1. The molecule has 1 aromatic rings. The zero-order valence-electron chi connectivity index (χ0n) is 11.0. The minimum atomic E-state index is 0.128. The van der Waals surface area contributed by atoms with Crippen LogP contribution in [0.3, 0.4) is 0 Å². The van der Waals surface area contributed by atoms with Gasteiger partial charge in [0.25, 0.3) is 0 Å². The summed E-state index contributed by atoms with van der Waals surface area (Å²) in [6, 6.07) is 1.71. The first kappa shape index (κ1) is 13.0. The predicted molar refractivity (Wildman–Crippen MR) is 68.2 cm³/mol. The lowest BCUT2D eigenvalue weighted by atomic mass is 10.0. The number of rotatable bonds is 3. The molecule has 0 bridgehead atoms. The van der Waals surface area contributed by atoms with Crippen LogP contribution in [0.5, 0.6) is 5.88 Å². The van der Waals surface area contributed by atoms with Crippen molar-refractivity contribution >= 4 is 5.82 Å². The summed E-state index contributed by atoms with van der Waals surface area (Å²) < 4.78 is 11.6. The molecule has 0 saturated carbocycles. The van der Waals surface area contributed by atoms with E-state index in [2.05, 4.69) is 29.2 Å². The van der Waals surface area contributed by atoms with Crippen molar-refractivity contribution in [2.75, 3.05) is 5.43 Å². The summed E-state index contributed by atoms with van der Waals surface area (Å²) in [6.07, 6.45) is 2.31. The second kappa shape index (κ2) is 5.49. The number of aryl methyl sites for hydroxylation is 1. The molecule has 1 aliphatic rings. The highest BCUT2D eigenvalue weighted by atomic mass is 16.5. The van der Waals surface area contributed by atoms with Gasteiger partial charge in [0.15, 0.2) is 0 Å². The molecule has 18 heavy (non-hydrogen) atoms. The van der Waals surface area contributed by atoms with Gasteiger partial charge in [0, 0.05) is 18.9 Å². The second-order valence-corrected chi connectivity index (χ2v) is 4.75. The van der Waals surface area contributed by atoms with E-state index in [1.54, 1.807) is 6.07 Å². The maximum absolute atomic E-state index is 5.89. The van der Waals surface area contributed by atoms with E-state index >= 15 is 0 Å². The van der Waals surface area contributed by atoms with Gasteiger partial charge in [-0.3, -0.25) is 0 Å². The number of hydrazine groups is 1. The van der Waals surface area contributed by atoms with Crippen LogP contribution in [0, 0.1) is 6.92 Å². The summed E-state index contributed by atoms with van der Waals surface area (Å²) >= 11 is 0. The molecule has 100 valence electrons. The van der Waals surface area contributed by atoms with Gasteiger partial charge in [-0.05, 0) is 20.8 Å². The molecule has 2 heterocycles. The molecule has 2 unspecified atom stereocenters. The fraction of sp³-hybridized carbons (Fsp3) is 0.667. The lowest BCUT2D eigenvalue weighted by Gasteiger charge is -2.31. The van der Waals surface area contributed by atoms with E-state index in [1.165, 1.54) is 0 Å². The van der Waals surface area contributed by atoms with Gasteiger partial charge in [0.2, 0.25) is 5.88 Å². The monoisotopic (exact) mass is 252 g/mol. The van der Waals surface area contributed by atoms with Gasteiger partial charge < -0.3 is 14.9 Å². The number of hydrogen-bond donors (Lipinski definition) is 2. The lowest BCUT2D eigenvalue weighted by molar-refractivity contribution is -0.0729. The van der Waals surface area contributed by atoms with Gasteiger partial charge >= 0.3 is 0 Å². The summed E-state index contributed by atoms with van der Waals surface area (Å²) in [4.78, 5) is 8.38. The van der Waals surface area contributed by atoms with Gasteiger partial charge in [0.05, 0.1) is 12.2 Å². The molecule has 0 spiro atoms. The van der Waals surface area contributed by atoms with E-state index in [1.807, 2.05) is 6.92 Å². The van der Waals surface area contributed by atoms with Gasteiger partial charge in [0.1, 0.15) is 17.7 Å². The Kier molecular flexibility index (Phi) is 3.98. The standard InChI is InChI=1S/C12H20N4O2/c1-7-4-10(5-8(2)17-7)18-12-6-11(16-13)14-9(3)15-12/h6-8,10H,4-5,13H2,1-3H3,(H,14,15,16). The van der Waals surface area contributed by atoms with Crippen LogP contribution < -0.4 is 16.0 Å². The van der Waals surface area contributed by atoms with E-state index in [4.69, 9.17) is 15.3 Å². The summed E-state index contributed by atoms with van der Waals surface area (Å²) in [7, 11) is 0. The average molecular weight is 252 g/mol. The maximum atomic E-state index is 5.89. The third-order valence-corrected chi connectivity index (χ3v) is 2.90. The van der Waals surface area contributed by atoms with Crippen LogP contribution in [0.4, 0.5) is 5.82 Å². The molecule has 0 radical (unpaired) electrons. The van der Waals surface area contributed by atoms with Crippen LogP contribution in [0.15, 0.2) is 6.07 Å². The van der Waals surface area contributed by atoms with Crippen molar-refractivity contribution in [3.05, 3.63) is 11.9 Å². The normalized spacial score (nSPS) is 27.9. The number of hydrogen-bond acceptors (Lipinski definition) is 6. The minimum Gasteiger partial charge on any atom is -0.474 e. The molecule has 0 aliphatic carbocycles. The number of nitrogens with zero attached hydrogens (tertiary/aromatic N) is 2. The largest absolute Gasteiger partial charge is 0.474 e.